The topological polar surface area (TPSA) is 49.3 Å². The van der Waals surface area contributed by atoms with Gasteiger partial charge in [-0.1, -0.05) is 6.07 Å². The van der Waals surface area contributed by atoms with Crippen molar-refractivity contribution >= 4 is 29.9 Å². The summed E-state index contributed by atoms with van der Waals surface area (Å²) in [6.07, 6.45) is 0. The first-order chi connectivity index (χ1) is 14.3. The first-order valence-corrected chi connectivity index (χ1v) is 9.84. The van der Waals surface area contributed by atoms with Crippen LogP contribution < -0.4 is 14.8 Å². The molecule has 0 aliphatic heterocycles. The lowest BCUT2D eigenvalue weighted by Crippen LogP contribution is -2.38. The average Bonchev–Trinajstić information content (AvgIpc) is 2.71. The minimum Gasteiger partial charge on any atom is -0.493 e. The molecule has 0 atom stereocenters. The second-order valence-corrected chi connectivity index (χ2v) is 7.55. The van der Waals surface area contributed by atoms with Gasteiger partial charge in [-0.05, 0) is 62.0 Å². The molecule has 0 unspecified atom stereocenters. The summed E-state index contributed by atoms with van der Waals surface area (Å²) in [5, 5.41) is 3.36. The van der Waals surface area contributed by atoms with Crippen molar-refractivity contribution < 1.29 is 13.9 Å². The van der Waals surface area contributed by atoms with E-state index in [-0.39, 0.29) is 29.8 Å². The third-order valence-corrected chi connectivity index (χ3v) is 4.87. The highest BCUT2D eigenvalue weighted by Gasteiger charge is 2.13. The zero-order chi connectivity index (χ0) is 22.3. The fourth-order valence-corrected chi connectivity index (χ4v) is 3.29. The summed E-state index contributed by atoms with van der Waals surface area (Å²) in [5.41, 5.74) is 3.92. The predicted molar refractivity (Wildman–Crippen MR) is 135 cm³/mol. The largest absolute Gasteiger partial charge is 0.493 e. The van der Waals surface area contributed by atoms with Crippen LogP contribution in [0.5, 0.6) is 11.5 Å². The van der Waals surface area contributed by atoms with Crippen molar-refractivity contribution in [3.05, 3.63) is 58.4 Å². The maximum atomic E-state index is 14.0. The van der Waals surface area contributed by atoms with E-state index in [1.807, 2.05) is 56.1 Å². The Hall–Kier alpha value is -2.07. The summed E-state index contributed by atoms with van der Waals surface area (Å²) < 4.78 is 24.8. The van der Waals surface area contributed by atoms with Gasteiger partial charge in [0, 0.05) is 39.3 Å². The van der Waals surface area contributed by atoms with Crippen molar-refractivity contribution in [3.8, 4) is 11.5 Å². The van der Waals surface area contributed by atoms with Gasteiger partial charge < -0.3 is 24.6 Å². The van der Waals surface area contributed by atoms with Crippen LogP contribution in [0.4, 0.5) is 4.39 Å². The lowest BCUT2D eigenvalue weighted by molar-refractivity contribution is 0.353. The maximum absolute atomic E-state index is 14.0. The molecule has 6 nitrogen and oxygen atoms in total. The Morgan fingerprint density at radius 1 is 1.00 bits per heavy atom. The number of nitrogens with zero attached hydrogens (tertiary/aromatic N) is 3. The van der Waals surface area contributed by atoms with Gasteiger partial charge in [0.15, 0.2) is 17.5 Å². The number of aryl methyl sites for hydroxylation is 1. The lowest BCUT2D eigenvalue weighted by Gasteiger charge is -2.24. The van der Waals surface area contributed by atoms with Crippen LogP contribution in [0.25, 0.3) is 0 Å². The van der Waals surface area contributed by atoms with Crippen molar-refractivity contribution in [1.82, 2.24) is 15.1 Å². The molecule has 0 aliphatic carbocycles. The average molecular weight is 544 g/mol. The van der Waals surface area contributed by atoms with Crippen LogP contribution in [0.1, 0.15) is 22.3 Å². The molecule has 0 saturated heterocycles. The minimum atomic E-state index is -0.183. The third kappa shape index (κ3) is 7.53. The summed E-state index contributed by atoms with van der Waals surface area (Å²) in [6, 6.07) is 9.19. The zero-order valence-corrected chi connectivity index (χ0v) is 21.8. The molecule has 0 bridgehead atoms. The number of ether oxygens (including phenoxy) is 2. The molecule has 0 aliphatic rings. The molecule has 8 heteroatoms. The Morgan fingerprint density at radius 3 is 2.23 bits per heavy atom. The number of hydrogen-bond donors (Lipinski definition) is 1. The van der Waals surface area contributed by atoms with Crippen molar-refractivity contribution in [3.63, 3.8) is 0 Å². The zero-order valence-electron chi connectivity index (χ0n) is 19.5. The normalized spacial score (nSPS) is 11.2. The quantitative estimate of drug-likeness (QED) is 0.309. The number of nitrogens with one attached hydrogen (secondary N) is 1. The number of aliphatic imine (C=N–C) groups is 1. The van der Waals surface area contributed by atoms with Crippen LogP contribution in [-0.2, 0) is 19.6 Å². The van der Waals surface area contributed by atoms with Gasteiger partial charge in [-0.3, -0.25) is 4.99 Å². The third-order valence-electron chi connectivity index (χ3n) is 4.87. The number of halogens is 2. The number of benzene rings is 2. The maximum Gasteiger partial charge on any atom is 0.193 e. The van der Waals surface area contributed by atoms with Crippen LogP contribution in [0.15, 0.2) is 35.3 Å². The Labute approximate surface area is 202 Å². The van der Waals surface area contributed by atoms with Gasteiger partial charge in [-0.15, -0.1) is 24.0 Å². The second kappa shape index (κ2) is 12.7. The SMILES string of the molecule is CN=C(NCc1ccc(F)c(CN(C)C)c1)N(C)Cc1cc(OC)c(OC)cc1C.I. The highest BCUT2D eigenvalue weighted by Crippen LogP contribution is 2.30. The van der Waals surface area contributed by atoms with Gasteiger partial charge in [0.1, 0.15) is 5.82 Å². The Morgan fingerprint density at radius 2 is 1.65 bits per heavy atom. The van der Waals surface area contributed by atoms with Crippen LogP contribution in [-0.4, -0.2) is 58.2 Å². The van der Waals surface area contributed by atoms with Crippen LogP contribution in [0.2, 0.25) is 0 Å². The van der Waals surface area contributed by atoms with Gasteiger partial charge >= 0.3 is 0 Å². The van der Waals surface area contributed by atoms with E-state index in [1.54, 1.807) is 27.3 Å². The molecule has 2 rings (SSSR count). The predicted octanol–water partition coefficient (Wildman–Crippen LogP) is 4.04. The number of hydrogen-bond acceptors (Lipinski definition) is 4. The Kier molecular flexibility index (Phi) is 11.1. The smallest absolute Gasteiger partial charge is 0.193 e. The van der Waals surface area contributed by atoms with Crippen molar-refractivity contribution in [2.75, 3.05) is 42.4 Å². The minimum absolute atomic E-state index is 0. The molecule has 2 aromatic carbocycles. The fourth-order valence-electron chi connectivity index (χ4n) is 3.29. The molecule has 172 valence electrons. The molecule has 1 N–H and O–H groups in total. The summed E-state index contributed by atoms with van der Waals surface area (Å²) in [6.45, 7) is 3.82. The molecule has 31 heavy (non-hydrogen) atoms. The Balaban J connectivity index is 0.00000480. The molecule has 0 radical (unpaired) electrons. The van der Waals surface area contributed by atoms with E-state index < -0.39 is 0 Å². The molecular weight excluding hydrogens is 510 g/mol. The number of guanidine groups is 1. The summed E-state index contributed by atoms with van der Waals surface area (Å²) in [4.78, 5) is 8.38. The molecular formula is C23H34FIN4O2. The van der Waals surface area contributed by atoms with E-state index in [9.17, 15) is 4.39 Å². The van der Waals surface area contributed by atoms with Crippen molar-refractivity contribution in [2.24, 2.45) is 4.99 Å². The standard InChI is InChI=1S/C23H33FN4O2.HI/c1-16-10-21(29-6)22(30-7)12-18(16)15-28(5)23(25-2)26-13-17-8-9-20(24)19(11-17)14-27(3)4;/h8-12H,13-15H2,1-7H3,(H,25,26);1H. The highest BCUT2D eigenvalue weighted by atomic mass is 127. The highest BCUT2D eigenvalue weighted by molar-refractivity contribution is 14.0. The first-order valence-electron chi connectivity index (χ1n) is 9.84. The Bertz CT molecular complexity index is 890. The van der Waals surface area contributed by atoms with E-state index in [1.165, 1.54) is 6.07 Å². The summed E-state index contributed by atoms with van der Waals surface area (Å²) in [5.74, 6) is 1.99. The van der Waals surface area contributed by atoms with E-state index in [2.05, 4.69) is 10.3 Å². The summed E-state index contributed by atoms with van der Waals surface area (Å²) in [7, 11) is 10.9. The number of methoxy groups -OCH3 is 2. The molecule has 0 amide bonds. The first kappa shape index (κ1) is 27.0. The van der Waals surface area contributed by atoms with Crippen molar-refractivity contribution in [2.45, 2.75) is 26.6 Å². The monoisotopic (exact) mass is 544 g/mol. The van der Waals surface area contributed by atoms with Gasteiger partial charge in [-0.25, -0.2) is 4.39 Å². The number of rotatable bonds is 8. The van der Waals surface area contributed by atoms with Gasteiger partial charge in [0.2, 0.25) is 0 Å². The molecule has 0 saturated carbocycles. The van der Waals surface area contributed by atoms with Crippen molar-refractivity contribution in [1.29, 1.82) is 0 Å². The van der Waals surface area contributed by atoms with E-state index in [4.69, 9.17) is 9.47 Å². The van der Waals surface area contributed by atoms with Crippen LogP contribution in [0.3, 0.4) is 0 Å². The second-order valence-electron chi connectivity index (χ2n) is 7.55. The molecule has 2 aromatic rings. The van der Waals surface area contributed by atoms with E-state index in [0.29, 0.717) is 36.7 Å². The lowest BCUT2D eigenvalue weighted by atomic mass is 10.1. The van der Waals surface area contributed by atoms with Gasteiger partial charge in [0.25, 0.3) is 0 Å². The van der Waals surface area contributed by atoms with E-state index >= 15 is 0 Å². The molecule has 0 aromatic heterocycles. The van der Waals surface area contributed by atoms with Gasteiger partial charge in [-0.2, -0.15) is 0 Å². The van der Waals surface area contributed by atoms with Crippen LogP contribution >= 0.6 is 24.0 Å². The fraction of sp³-hybridized carbons (Fsp3) is 0.435. The summed E-state index contributed by atoms with van der Waals surface area (Å²) >= 11 is 0. The molecule has 0 spiro atoms. The van der Waals surface area contributed by atoms with E-state index in [0.717, 1.165) is 22.6 Å². The van der Waals surface area contributed by atoms with Gasteiger partial charge in [0.05, 0.1) is 14.2 Å². The van der Waals surface area contributed by atoms with Crippen LogP contribution in [0, 0.1) is 12.7 Å². The molecule has 0 fully saturated rings. The molecule has 0 heterocycles.